The molecule has 2 aliphatic carbocycles. The Hall–Kier alpha value is -5.03. The Bertz CT molecular complexity index is 2400. The minimum absolute atomic E-state index is 0.106. The molecule has 0 spiro atoms. The molecule has 0 atom stereocenters. The van der Waals surface area contributed by atoms with E-state index in [-0.39, 0.29) is 11.7 Å². The summed E-state index contributed by atoms with van der Waals surface area (Å²) in [5.74, 6) is 4.18. The van der Waals surface area contributed by atoms with Crippen LogP contribution in [0, 0.1) is 47.6 Å². The van der Waals surface area contributed by atoms with E-state index in [4.69, 9.17) is 0 Å². The molecule has 2 N–H and O–H groups in total. The zero-order chi connectivity index (χ0) is 53.7. The highest BCUT2D eigenvalue weighted by Gasteiger charge is 2.42. The molecule has 5 aliphatic heterocycles. The van der Waals surface area contributed by atoms with Crippen LogP contribution in [0.15, 0.2) is 78.3 Å². The molecule has 0 bridgehead atoms. The van der Waals surface area contributed by atoms with Crippen LogP contribution in [0.25, 0.3) is 5.57 Å². The molecule has 5 fully saturated rings. The normalized spacial score (nSPS) is 20.4. The molecular weight excluding hydrogens is 925 g/mol. The van der Waals surface area contributed by atoms with Crippen molar-refractivity contribution in [3.05, 3.63) is 107 Å². The van der Waals surface area contributed by atoms with E-state index in [1.54, 1.807) is 39.0 Å². The van der Waals surface area contributed by atoms with Gasteiger partial charge in [0, 0.05) is 91.5 Å². The van der Waals surface area contributed by atoms with Gasteiger partial charge in [-0.1, -0.05) is 98.1 Å². The van der Waals surface area contributed by atoms with Crippen LogP contribution in [0.1, 0.15) is 173 Å². The number of rotatable bonds is 12. The van der Waals surface area contributed by atoms with Crippen LogP contribution in [0.5, 0.6) is 0 Å². The highest BCUT2D eigenvalue weighted by molar-refractivity contribution is 5.95. The van der Waals surface area contributed by atoms with Gasteiger partial charge in [-0.25, -0.2) is 8.78 Å². The van der Waals surface area contributed by atoms with Crippen LogP contribution >= 0.6 is 0 Å². The number of carbonyl (C=O) groups excluding carboxylic acids is 2. The molecule has 11 heteroatoms. The average Bonchev–Trinajstić information content (AvgIpc) is 3.88. The van der Waals surface area contributed by atoms with E-state index in [0.717, 1.165) is 90.4 Å². The molecule has 9 nitrogen and oxygen atoms in total. The van der Waals surface area contributed by atoms with E-state index in [0.29, 0.717) is 23.4 Å². The SMILES string of the molecule is C1CCC(CC2CC2)C1.C=C1CCCC(=O)N1.CC(=O)c1cc(C)nc(C2=C(C)CC[N+](C)(C)C2)c1.CC/C=C1/Nc2ccc(N3CC(CCC)(CCC(C)C)C3)cc2N1C.CC1CN(c2cc(F)cc(F)c2)C1. The quantitative estimate of drug-likeness (QED) is 0.138. The molecule has 6 heterocycles. The molecule has 1 aromatic heterocycles. The summed E-state index contributed by atoms with van der Waals surface area (Å²) in [7, 11) is 6.65. The first-order valence-electron chi connectivity index (χ1n) is 28.4. The van der Waals surface area contributed by atoms with Gasteiger partial charge in [0.2, 0.25) is 5.91 Å². The summed E-state index contributed by atoms with van der Waals surface area (Å²) in [6, 6.07) is 14.3. The van der Waals surface area contributed by atoms with Crippen molar-refractivity contribution in [3.63, 3.8) is 0 Å². The number of aryl methyl sites for hydroxylation is 1. The highest BCUT2D eigenvalue weighted by atomic mass is 19.1. The summed E-state index contributed by atoms with van der Waals surface area (Å²) in [5.41, 5.74) is 11.3. The number of halogens is 2. The average molecular weight is 1020 g/mol. The maximum Gasteiger partial charge on any atom is 0.224 e. The molecule has 1 amide bonds. The Kier molecular flexibility index (Phi) is 21.0. The van der Waals surface area contributed by atoms with Crippen LogP contribution in [-0.2, 0) is 4.79 Å². The molecule has 2 saturated carbocycles. The molecule has 10 rings (SSSR count). The molecule has 0 unspecified atom stereocenters. The Morgan fingerprint density at radius 3 is 2.12 bits per heavy atom. The van der Waals surface area contributed by atoms with Crippen molar-refractivity contribution in [2.45, 2.75) is 158 Å². The number of hydrogen-bond acceptors (Lipinski definition) is 7. The van der Waals surface area contributed by atoms with Gasteiger partial charge < -0.3 is 29.8 Å². The number of allylic oxidation sites excluding steroid dienone is 2. The predicted octanol–water partition coefficient (Wildman–Crippen LogP) is 14.9. The lowest BCUT2D eigenvalue weighted by molar-refractivity contribution is -0.884. The van der Waals surface area contributed by atoms with E-state index in [1.807, 2.05) is 24.0 Å². The number of hydrogen-bond donors (Lipinski definition) is 2. The number of nitrogens with one attached hydrogen (secondary N) is 2. The summed E-state index contributed by atoms with van der Waals surface area (Å²) in [4.78, 5) is 33.6. The lowest BCUT2D eigenvalue weighted by atomic mass is 9.71. The summed E-state index contributed by atoms with van der Waals surface area (Å²) >= 11 is 0. The molecule has 3 saturated heterocycles. The van der Waals surface area contributed by atoms with Crippen molar-refractivity contribution in [1.82, 2.24) is 10.3 Å². The van der Waals surface area contributed by atoms with Crippen molar-refractivity contribution in [2.75, 3.05) is 80.4 Å². The van der Waals surface area contributed by atoms with Crippen LogP contribution in [-0.4, -0.2) is 81.6 Å². The number of quaternary nitrogens is 1. The Balaban J connectivity index is 0.000000160. The van der Waals surface area contributed by atoms with E-state index in [1.165, 1.54) is 110 Å². The fraction of sp³-hybridized carbons (Fsp3) is 0.603. The lowest BCUT2D eigenvalue weighted by Crippen LogP contribution is -2.56. The number of amides is 1. The van der Waals surface area contributed by atoms with Gasteiger partial charge in [0.1, 0.15) is 24.0 Å². The summed E-state index contributed by atoms with van der Waals surface area (Å²) in [5, 5.41) is 6.17. The van der Waals surface area contributed by atoms with Gasteiger partial charge in [-0.2, -0.15) is 0 Å². The van der Waals surface area contributed by atoms with E-state index >= 15 is 0 Å². The van der Waals surface area contributed by atoms with E-state index < -0.39 is 11.6 Å². The second-order valence-electron chi connectivity index (χ2n) is 24.2. The van der Waals surface area contributed by atoms with Gasteiger partial charge in [0.25, 0.3) is 0 Å². The number of ketones is 1. The zero-order valence-corrected chi connectivity index (χ0v) is 47.6. The fourth-order valence-electron chi connectivity index (χ4n) is 11.4. The Morgan fingerprint density at radius 1 is 0.878 bits per heavy atom. The number of benzene rings is 2. The van der Waals surface area contributed by atoms with Gasteiger partial charge in [0.05, 0.1) is 37.7 Å². The van der Waals surface area contributed by atoms with Crippen LogP contribution in [0.2, 0.25) is 0 Å². The van der Waals surface area contributed by atoms with Gasteiger partial charge in [-0.3, -0.25) is 14.6 Å². The van der Waals surface area contributed by atoms with E-state index in [9.17, 15) is 18.4 Å². The lowest BCUT2D eigenvalue weighted by Gasteiger charge is -2.52. The van der Waals surface area contributed by atoms with Gasteiger partial charge in [0.15, 0.2) is 5.78 Å². The number of piperidine rings is 1. The van der Waals surface area contributed by atoms with Crippen LogP contribution in [0.4, 0.5) is 31.5 Å². The number of nitrogens with zero attached hydrogens (tertiary/aromatic N) is 5. The van der Waals surface area contributed by atoms with Crippen molar-refractivity contribution in [1.29, 1.82) is 0 Å². The Labute approximate surface area is 445 Å². The van der Waals surface area contributed by atoms with Crippen LogP contribution < -0.4 is 25.3 Å². The predicted molar refractivity (Wildman–Crippen MR) is 307 cm³/mol. The zero-order valence-electron chi connectivity index (χ0n) is 47.6. The second-order valence-corrected chi connectivity index (χ2v) is 24.2. The smallest absolute Gasteiger partial charge is 0.224 e. The maximum absolute atomic E-state index is 12.8. The highest BCUT2D eigenvalue weighted by Crippen LogP contribution is 2.46. The monoisotopic (exact) mass is 1020 g/mol. The molecular formula is C63H94F2N7O2+. The maximum atomic E-state index is 12.8. The minimum Gasteiger partial charge on any atom is -0.371 e. The first-order valence-corrected chi connectivity index (χ1v) is 28.4. The molecule has 2 aromatic carbocycles. The van der Waals surface area contributed by atoms with Gasteiger partial charge >= 0.3 is 0 Å². The standard InChI is InChI=1S/C22H35N3.C16H23N2O.C10H11F2N.C9H16.C6H9NO/c1-6-8-21-23-19-10-9-18(14-20(19)24(21)5)25-15-22(16-25,12-7-2)13-11-17(3)4;1-11-6-7-18(4,5)10-15(11)16-9-14(13(3)19)8-12(2)17-16;1-7-5-13(6-7)10-3-8(11)2-9(12)4-10;1-2-4-8(3-1)7-9-5-6-9;1-5-3-2-4-6(8)7-5/h8-10,14,17,23H,6-7,11-13,15-16H2,1-5H3;8-9H,6-7,10H2,1-5H3;2-4,7H,5-6H2,1H3;8-9H,1-7H2;1-4H2,(H,7,8)/q;+1;;;/b21-8-;;;;. The first kappa shape index (κ1) is 58.2. The number of aromatic nitrogens is 1. The van der Waals surface area contributed by atoms with Gasteiger partial charge in [-0.05, 0) is 132 Å². The molecule has 7 aliphatic rings. The van der Waals surface area contributed by atoms with Crippen LogP contribution in [0.3, 0.4) is 0 Å². The summed E-state index contributed by atoms with van der Waals surface area (Å²) < 4.78 is 26.5. The number of likely N-dealkylation sites (N-methyl/N-ethyl adjacent to an activating group) is 1. The number of Topliss-reactive ketones (excluding diaryl/α,β-unsaturated/α-hetero) is 1. The topological polar surface area (TPSA) is 80.8 Å². The minimum atomic E-state index is -0.505. The third kappa shape index (κ3) is 17.3. The Morgan fingerprint density at radius 2 is 1.55 bits per heavy atom. The third-order valence-corrected chi connectivity index (χ3v) is 16.0. The molecule has 3 aromatic rings. The number of carbonyl (C=O) groups is 2. The molecule has 406 valence electrons. The number of pyridine rings is 1. The third-order valence-electron chi connectivity index (χ3n) is 16.0. The number of anilines is 4. The molecule has 74 heavy (non-hydrogen) atoms. The molecule has 0 radical (unpaired) electrons. The van der Waals surface area contributed by atoms with Crippen molar-refractivity contribution in [3.8, 4) is 0 Å². The van der Waals surface area contributed by atoms with Crippen molar-refractivity contribution in [2.24, 2.45) is 29.1 Å². The second kappa shape index (κ2) is 26.6. The number of fused-ring (bicyclic) bond motifs is 1. The summed E-state index contributed by atoms with van der Waals surface area (Å²) in [6.07, 6.45) is 23.2. The van der Waals surface area contributed by atoms with E-state index in [2.05, 4.69) is 119 Å². The van der Waals surface area contributed by atoms with Crippen molar-refractivity contribution < 1.29 is 22.9 Å². The fourth-order valence-corrected chi connectivity index (χ4v) is 11.4. The largest absolute Gasteiger partial charge is 0.371 e. The van der Waals surface area contributed by atoms with Gasteiger partial charge in [-0.15, -0.1) is 0 Å². The van der Waals surface area contributed by atoms with Crippen molar-refractivity contribution >= 4 is 40.0 Å². The first-order chi connectivity index (χ1) is 35.1. The summed E-state index contributed by atoms with van der Waals surface area (Å²) in [6.45, 7) is 27.1.